The molecule has 4 aliphatic rings. The van der Waals surface area contributed by atoms with Crippen LogP contribution in [0.25, 0.3) is 0 Å². The van der Waals surface area contributed by atoms with E-state index in [4.69, 9.17) is 21.1 Å². The van der Waals surface area contributed by atoms with Crippen molar-refractivity contribution in [2.75, 3.05) is 7.11 Å². The Morgan fingerprint density at radius 2 is 1.39 bits per heavy atom. The van der Waals surface area contributed by atoms with Crippen LogP contribution in [-0.2, 0) is 16.2 Å². The van der Waals surface area contributed by atoms with Gasteiger partial charge in [0.15, 0.2) is 11.5 Å². The van der Waals surface area contributed by atoms with E-state index in [-0.39, 0.29) is 23.7 Å². The predicted octanol–water partition coefficient (Wildman–Crippen LogP) is 6.76. The summed E-state index contributed by atoms with van der Waals surface area (Å²) in [5, 5.41) is 6.19. The van der Waals surface area contributed by atoms with Gasteiger partial charge in [-0.05, 0) is 80.2 Å². The van der Waals surface area contributed by atoms with Crippen LogP contribution in [0.1, 0.15) is 45.2 Å². The zero-order valence-electron chi connectivity index (χ0n) is 22.0. The molecule has 2 atom stereocenters. The second kappa shape index (κ2) is 10.3. The molecule has 4 aromatic rings. The Kier molecular flexibility index (Phi) is 6.59. The van der Waals surface area contributed by atoms with Crippen LogP contribution < -0.4 is 9.47 Å². The minimum atomic E-state index is -0.465. The zero-order chi connectivity index (χ0) is 28.2. The lowest BCUT2D eigenvalue weighted by Crippen LogP contribution is -2.41. The maximum atomic E-state index is 13.8. The van der Waals surface area contributed by atoms with Gasteiger partial charge < -0.3 is 9.47 Å². The fraction of sp³-hybridized carbons (Fsp3) is 0.182. The fourth-order valence-corrected chi connectivity index (χ4v) is 7.50. The summed E-state index contributed by atoms with van der Waals surface area (Å²) in [6.07, 6.45) is 1.54. The quantitative estimate of drug-likeness (QED) is 0.129. The summed E-state index contributed by atoms with van der Waals surface area (Å²) in [7, 11) is 1.57. The smallest absolute Gasteiger partial charge is 0.254 e. The second-order valence-electron chi connectivity index (χ2n) is 10.4. The van der Waals surface area contributed by atoms with Gasteiger partial charge in [0.25, 0.3) is 11.8 Å². The second-order valence-corrected chi connectivity index (χ2v) is 12.0. The highest BCUT2D eigenvalue weighted by atomic mass is 127. The van der Waals surface area contributed by atoms with Crippen molar-refractivity contribution in [3.63, 3.8) is 0 Å². The number of methoxy groups -OCH3 is 1. The summed E-state index contributed by atoms with van der Waals surface area (Å²) in [4.78, 5) is 27.6. The molecule has 3 aliphatic carbocycles. The summed E-state index contributed by atoms with van der Waals surface area (Å²) in [5.74, 6) is -0.616. The Morgan fingerprint density at radius 3 is 1.90 bits per heavy atom. The Labute approximate surface area is 256 Å². The first-order valence-corrected chi connectivity index (χ1v) is 14.8. The number of imide groups is 1. The predicted molar refractivity (Wildman–Crippen MR) is 164 cm³/mol. The van der Waals surface area contributed by atoms with E-state index in [9.17, 15) is 9.59 Å². The summed E-state index contributed by atoms with van der Waals surface area (Å²) >= 11 is 8.17. The molecule has 1 saturated heterocycles. The van der Waals surface area contributed by atoms with E-state index in [2.05, 4.69) is 52.0 Å². The van der Waals surface area contributed by atoms with Crippen LogP contribution in [0.2, 0.25) is 5.02 Å². The first-order valence-electron chi connectivity index (χ1n) is 13.3. The van der Waals surface area contributed by atoms with Crippen LogP contribution in [0.4, 0.5) is 0 Å². The van der Waals surface area contributed by atoms with E-state index in [0.717, 1.165) is 36.4 Å². The molecule has 1 aliphatic heterocycles. The number of amides is 2. The molecule has 0 N–H and O–H groups in total. The van der Waals surface area contributed by atoms with E-state index in [1.165, 1.54) is 0 Å². The maximum absolute atomic E-state index is 13.8. The van der Waals surface area contributed by atoms with Crippen molar-refractivity contribution >= 4 is 52.2 Å². The molecular weight excluding hydrogens is 651 g/mol. The SMILES string of the molecule is COc1cc(/C=N\N2C(=O)[C@@H]3C4c5ccccc5C(c5ccccc54)[C@H]3C2=O)cc(I)c1OCc1ccc(Cl)cc1. The molecular formula is C33H24ClIN2O4. The van der Waals surface area contributed by atoms with Crippen molar-refractivity contribution < 1.29 is 19.1 Å². The van der Waals surface area contributed by atoms with Gasteiger partial charge >= 0.3 is 0 Å². The number of hydrazone groups is 1. The van der Waals surface area contributed by atoms with Crippen LogP contribution in [0.5, 0.6) is 11.5 Å². The average Bonchev–Trinajstić information content (AvgIpc) is 3.25. The molecule has 2 amide bonds. The minimum absolute atomic E-state index is 0.160. The van der Waals surface area contributed by atoms with Gasteiger partial charge in [-0.25, -0.2) is 0 Å². The molecule has 0 saturated carbocycles. The van der Waals surface area contributed by atoms with Crippen LogP contribution in [0.15, 0.2) is 90.0 Å². The number of nitrogens with zero attached hydrogens (tertiary/aromatic N) is 2. The molecule has 0 radical (unpaired) electrons. The molecule has 0 unspecified atom stereocenters. The fourth-order valence-electron chi connectivity index (χ4n) is 6.59. The van der Waals surface area contributed by atoms with E-state index in [1.807, 2.05) is 54.6 Å². The minimum Gasteiger partial charge on any atom is -0.493 e. The van der Waals surface area contributed by atoms with Gasteiger partial charge in [-0.1, -0.05) is 72.3 Å². The van der Waals surface area contributed by atoms with Gasteiger partial charge in [0.2, 0.25) is 0 Å². The molecule has 6 nitrogen and oxygen atoms in total. The molecule has 0 spiro atoms. The maximum Gasteiger partial charge on any atom is 0.254 e. The van der Waals surface area contributed by atoms with Gasteiger partial charge in [-0.3, -0.25) is 9.59 Å². The van der Waals surface area contributed by atoms with E-state index in [0.29, 0.717) is 28.7 Å². The number of hydrogen-bond acceptors (Lipinski definition) is 5. The molecule has 8 rings (SSSR count). The van der Waals surface area contributed by atoms with Crippen LogP contribution in [0.3, 0.4) is 0 Å². The van der Waals surface area contributed by atoms with Crippen LogP contribution in [-0.4, -0.2) is 30.1 Å². The Balaban J connectivity index is 1.17. The van der Waals surface area contributed by atoms with Gasteiger partial charge in [0.05, 0.1) is 28.7 Å². The third kappa shape index (κ3) is 4.25. The molecule has 8 heteroatoms. The number of benzene rings is 4. The third-order valence-electron chi connectivity index (χ3n) is 8.30. The van der Waals surface area contributed by atoms with Gasteiger partial charge in [-0.15, -0.1) is 0 Å². The van der Waals surface area contributed by atoms with Crippen molar-refractivity contribution in [1.82, 2.24) is 5.01 Å². The number of ether oxygens (including phenoxy) is 2. The summed E-state index contributed by atoms with van der Waals surface area (Å²) in [6.45, 7) is 0.351. The van der Waals surface area contributed by atoms with Gasteiger partial charge in [0.1, 0.15) is 6.61 Å². The van der Waals surface area contributed by atoms with Crippen molar-refractivity contribution in [3.05, 3.63) is 127 Å². The lowest BCUT2D eigenvalue weighted by Gasteiger charge is -2.45. The van der Waals surface area contributed by atoms with E-state index >= 15 is 0 Å². The summed E-state index contributed by atoms with van der Waals surface area (Å²) in [5.41, 5.74) is 6.21. The summed E-state index contributed by atoms with van der Waals surface area (Å²) < 4.78 is 12.5. The van der Waals surface area contributed by atoms with Gasteiger partial charge in [-0.2, -0.15) is 10.1 Å². The van der Waals surface area contributed by atoms with Crippen molar-refractivity contribution in [3.8, 4) is 11.5 Å². The zero-order valence-corrected chi connectivity index (χ0v) is 24.9. The Hall–Kier alpha value is -3.69. The highest BCUT2D eigenvalue weighted by molar-refractivity contribution is 14.1. The molecule has 1 fully saturated rings. The topological polar surface area (TPSA) is 68.2 Å². The number of rotatable bonds is 6. The van der Waals surface area contributed by atoms with Crippen molar-refractivity contribution in [2.24, 2.45) is 16.9 Å². The lowest BCUT2D eigenvalue weighted by atomic mass is 9.55. The van der Waals surface area contributed by atoms with Crippen molar-refractivity contribution in [1.29, 1.82) is 0 Å². The van der Waals surface area contributed by atoms with Crippen LogP contribution in [0, 0.1) is 15.4 Å². The number of carbonyl (C=O) groups excluding carboxylic acids is 2. The standard InChI is InChI=1S/C33H24ClIN2O4/c1-40-26-15-19(14-25(35)31(26)41-17-18-10-12-20(34)13-11-18)16-36-37-32(38)29-27-21-6-2-3-7-22(21)28(30(29)33(37)39)24-9-5-4-8-23(24)27/h2-16,27-30H,17H2,1H3/b36-16-/t27?,28?,29-,30-/m1/s1. The van der Waals surface area contributed by atoms with Crippen LogP contribution >= 0.6 is 34.2 Å². The Bertz CT molecular complexity index is 1620. The number of carbonyl (C=O) groups is 2. The Morgan fingerprint density at radius 1 is 0.854 bits per heavy atom. The van der Waals surface area contributed by atoms with Gasteiger partial charge in [0, 0.05) is 16.9 Å². The molecule has 41 heavy (non-hydrogen) atoms. The molecule has 2 bridgehead atoms. The first kappa shape index (κ1) is 26.2. The monoisotopic (exact) mass is 674 g/mol. The average molecular weight is 675 g/mol. The normalized spacial score (nSPS) is 22.1. The highest BCUT2D eigenvalue weighted by Gasteiger charge is 2.61. The van der Waals surface area contributed by atoms with Crippen molar-refractivity contribution in [2.45, 2.75) is 18.4 Å². The highest BCUT2D eigenvalue weighted by Crippen LogP contribution is 2.61. The number of halogens is 2. The number of hydrogen-bond donors (Lipinski definition) is 0. The first-order chi connectivity index (χ1) is 20.0. The molecule has 0 aromatic heterocycles. The van der Waals surface area contributed by atoms with E-state index < -0.39 is 11.8 Å². The third-order valence-corrected chi connectivity index (χ3v) is 9.35. The summed E-state index contributed by atoms with van der Waals surface area (Å²) in [6, 6.07) is 27.5. The van der Waals surface area contributed by atoms with E-state index in [1.54, 1.807) is 19.4 Å². The molecule has 1 heterocycles. The molecule has 204 valence electrons. The molecule has 4 aromatic carbocycles. The largest absolute Gasteiger partial charge is 0.493 e. The lowest BCUT2D eigenvalue weighted by molar-refractivity contribution is -0.139.